The number of aromatic hydroxyl groups is 1. The number of amides is 1. The molecule has 8 nitrogen and oxygen atoms in total. The van der Waals surface area contributed by atoms with E-state index in [0.717, 1.165) is 18.3 Å². The molecule has 0 atom stereocenters. The highest BCUT2D eigenvalue weighted by molar-refractivity contribution is 6.30. The van der Waals surface area contributed by atoms with Crippen LogP contribution in [0.3, 0.4) is 0 Å². The van der Waals surface area contributed by atoms with E-state index in [0.29, 0.717) is 10.8 Å². The number of carbonyl (C=O) groups is 1. The minimum atomic E-state index is -0.602. The Hall–Kier alpha value is -3.13. The summed E-state index contributed by atoms with van der Waals surface area (Å²) >= 11 is 5.73. The number of carbonyl (C=O) groups excluding carboxylic acids is 1. The second kappa shape index (κ2) is 7.93. The summed E-state index contributed by atoms with van der Waals surface area (Å²) in [6, 6.07) is 9.93. The minimum Gasteiger partial charge on any atom is -0.507 e. The second-order valence-electron chi connectivity index (χ2n) is 4.54. The summed E-state index contributed by atoms with van der Waals surface area (Å²) < 4.78 is 5.22. The molecule has 0 spiro atoms. The van der Waals surface area contributed by atoms with Crippen molar-refractivity contribution in [1.82, 2.24) is 5.43 Å². The number of nitro groups is 1. The van der Waals surface area contributed by atoms with Gasteiger partial charge < -0.3 is 9.84 Å². The van der Waals surface area contributed by atoms with Crippen LogP contribution in [0, 0.1) is 10.1 Å². The number of ether oxygens (including phenoxy) is 1. The molecule has 9 heteroatoms. The van der Waals surface area contributed by atoms with E-state index in [9.17, 15) is 20.0 Å². The Morgan fingerprint density at radius 3 is 2.71 bits per heavy atom. The average Bonchev–Trinajstić information content (AvgIpc) is 2.56. The molecule has 24 heavy (non-hydrogen) atoms. The van der Waals surface area contributed by atoms with E-state index >= 15 is 0 Å². The maximum Gasteiger partial charge on any atom is 0.277 e. The number of hydrogen-bond acceptors (Lipinski definition) is 6. The molecule has 0 aliphatic carbocycles. The van der Waals surface area contributed by atoms with Crippen LogP contribution >= 0.6 is 11.6 Å². The van der Waals surface area contributed by atoms with Crippen molar-refractivity contribution >= 4 is 29.4 Å². The molecule has 0 heterocycles. The van der Waals surface area contributed by atoms with Crippen molar-refractivity contribution < 1.29 is 19.6 Å². The first kappa shape index (κ1) is 17.2. The lowest BCUT2D eigenvalue weighted by Crippen LogP contribution is -2.24. The van der Waals surface area contributed by atoms with Gasteiger partial charge in [0.15, 0.2) is 6.61 Å². The first-order valence-corrected chi connectivity index (χ1v) is 7.01. The number of nitro benzene ring substituents is 1. The first-order chi connectivity index (χ1) is 11.5. The molecular formula is C15H12ClN3O5. The van der Waals surface area contributed by atoms with Gasteiger partial charge in [-0.25, -0.2) is 5.43 Å². The van der Waals surface area contributed by atoms with Crippen molar-refractivity contribution in [2.75, 3.05) is 6.61 Å². The van der Waals surface area contributed by atoms with Crippen LogP contribution in [0.15, 0.2) is 47.6 Å². The monoisotopic (exact) mass is 349 g/mol. The molecule has 0 bridgehead atoms. The minimum absolute atomic E-state index is 0.100. The summed E-state index contributed by atoms with van der Waals surface area (Å²) in [5.41, 5.74) is 2.09. The van der Waals surface area contributed by atoms with Gasteiger partial charge in [0.1, 0.15) is 11.5 Å². The fraction of sp³-hybridized carbons (Fsp3) is 0.0667. The molecule has 0 saturated heterocycles. The number of halogens is 1. The Kier molecular flexibility index (Phi) is 5.69. The maximum atomic E-state index is 11.6. The molecule has 0 aromatic heterocycles. The van der Waals surface area contributed by atoms with Crippen LogP contribution in [0.4, 0.5) is 5.69 Å². The van der Waals surface area contributed by atoms with E-state index in [1.165, 1.54) is 6.07 Å². The molecule has 124 valence electrons. The summed E-state index contributed by atoms with van der Waals surface area (Å²) in [6.07, 6.45) is 1.10. The summed E-state index contributed by atoms with van der Waals surface area (Å²) in [4.78, 5) is 21.7. The molecule has 1 amide bonds. The second-order valence-corrected chi connectivity index (χ2v) is 4.97. The zero-order valence-corrected chi connectivity index (χ0v) is 12.9. The Balaban J connectivity index is 1.89. The fourth-order valence-corrected chi connectivity index (χ4v) is 1.77. The van der Waals surface area contributed by atoms with Crippen molar-refractivity contribution in [1.29, 1.82) is 0 Å². The Labute approximate surface area is 141 Å². The number of hydrogen-bond donors (Lipinski definition) is 2. The third-order valence-electron chi connectivity index (χ3n) is 2.80. The standard InChI is InChI=1S/C15H12ClN3O5/c16-11-1-4-13(5-2-11)24-9-15(21)18-17-8-10-7-12(19(22)23)3-6-14(10)20/h1-8,20H,9H2,(H,18,21). The summed E-state index contributed by atoms with van der Waals surface area (Å²) in [6.45, 7) is -0.278. The molecule has 2 rings (SSSR count). The van der Waals surface area contributed by atoms with Crippen molar-refractivity contribution in [2.45, 2.75) is 0 Å². The summed E-state index contributed by atoms with van der Waals surface area (Å²) in [7, 11) is 0. The molecular weight excluding hydrogens is 338 g/mol. The molecule has 0 radical (unpaired) electrons. The highest BCUT2D eigenvalue weighted by Crippen LogP contribution is 2.21. The van der Waals surface area contributed by atoms with Gasteiger partial charge in [-0.2, -0.15) is 5.10 Å². The molecule has 0 saturated carbocycles. The van der Waals surface area contributed by atoms with E-state index < -0.39 is 10.8 Å². The third kappa shape index (κ3) is 4.96. The molecule has 0 aliphatic rings. The van der Waals surface area contributed by atoms with Gasteiger partial charge in [-0.1, -0.05) is 11.6 Å². The van der Waals surface area contributed by atoms with Crippen LogP contribution in [0.25, 0.3) is 0 Å². The number of hydrazone groups is 1. The highest BCUT2D eigenvalue weighted by Gasteiger charge is 2.09. The number of rotatable bonds is 6. The lowest BCUT2D eigenvalue weighted by Gasteiger charge is -2.04. The zero-order chi connectivity index (χ0) is 17.5. The number of non-ortho nitro benzene ring substituents is 1. The van der Waals surface area contributed by atoms with Gasteiger partial charge in [-0.3, -0.25) is 14.9 Å². The lowest BCUT2D eigenvalue weighted by atomic mass is 10.2. The molecule has 2 N–H and O–H groups in total. The quantitative estimate of drug-likeness (QED) is 0.472. The van der Waals surface area contributed by atoms with Crippen LogP contribution < -0.4 is 10.2 Å². The topological polar surface area (TPSA) is 114 Å². The smallest absolute Gasteiger partial charge is 0.277 e. The summed E-state index contributed by atoms with van der Waals surface area (Å²) in [5, 5.41) is 24.4. The normalized spacial score (nSPS) is 10.5. The van der Waals surface area contributed by atoms with E-state index in [4.69, 9.17) is 16.3 Å². The van der Waals surface area contributed by atoms with Gasteiger partial charge in [0.2, 0.25) is 0 Å². The van der Waals surface area contributed by atoms with E-state index in [1.54, 1.807) is 24.3 Å². The fourth-order valence-electron chi connectivity index (χ4n) is 1.64. The van der Waals surface area contributed by atoms with Gasteiger partial charge in [-0.15, -0.1) is 0 Å². The third-order valence-corrected chi connectivity index (χ3v) is 3.05. The molecule has 0 aliphatic heterocycles. The number of nitrogens with one attached hydrogen (secondary N) is 1. The van der Waals surface area contributed by atoms with Crippen LogP contribution in [0.2, 0.25) is 5.02 Å². The van der Waals surface area contributed by atoms with Crippen molar-refractivity contribution in [3.63, 3.8) is 0 Å². The maximum absolute atomic E-state index is 11.6. The van der Waals surface area contributed by atoms with Crippen LogP contribution in [-0.2, 0) is 4.79 Å². The van der Waals surface area contributed by atoms with E-state index in [1.807, 2.05) is 0 Å². The predicted molar refractivity (Wildman–Crippen MR) is 87.4 cm³/mol. The number of benzene rings is 2. The molecule has 0 fully saturated rings. The van der Waals surface area contributed by atoms with Crippen LogP contribution in [0.1, 0.15) is 5.56 Å². The van der Waals surface area contributed by atoms with E-state index in [2.05, 4.69) is 10.5 Å². The van der Waals surface area contributed by atoms with Gasteiger partial charge in [0.25, 0.3) is 11.6 Å². The lowest BCUT2D eigenvalue weighted by molar-refractivity contribution is -0.384. The van der Waals surface area contributed by atoms with Crippen molar-refractivity contribution in [3.8, 4) is 11.5 Å². The van der Waals surface area contributed by atoms with Crippen molar-refractivity contribution in [3.05, 3.63) is 63.2 Å². The van der Waals surface area contributed by atoms with E-state index in [-0.39, 0.29) is 23.6 Å². The van der Waals surface area contributed by atoms with Crippen LogP contribution in [-0.4, -0.2) is 28.8 Å². The zero-order valence-electron chi connectivity index (χ0n) is 12.2. The van der Waals surface area contributed by atoms with Gasteiger partial charge >= 0.3 is 0 Å². The Bertz CT molecular complexity index is 777. The molecule has 0 unspecified atom stereocenters. The van der Waals surface area contributed by atoms with Crippen molar-refractivity contribution in [2.24, 2.45) is 5.10 Å². The summed E-state index contributed by atoms with van der Waals surface area (Å²) in [5.74, 6) is -0.267. The number of nitrogens with zero attached hydrogens (tertiary/aromatic N) is 2. The largest absolute Gasteiger partial charge is 0.507 e. The number of phenolic OH excluding ortho intramolecular Hbond substituents is 1. The predicted octanol–water partition coefficient (Wildman–Crippen LogP) is 2.48. The van der Waals surface area contributed by atoms with Gasteiger partial charge in [0, 0.05) is 22.7 Å². The van der Waals surface area contributed by atoms with Crippen LogP contribution in [0.5, 0.6) is 11.5 Å². The first-order valence-electron chi connectivity index (χ1n) is 6.63. The van der Waals surface area contributed by atoms with Gasteiger partial charge in [0.05, 0.1) is 11.1 Å². The SMILES string of the molecule is O=C(COc1ccc(Cl)cc1)NN=Cc1cc([N+](=O)[O-])ccc1O. The molecule has 2 aromatic rings. The molecule has 2 aromatic carbocycles. The Morgan fingerprint density at radius 1 is 1.33 bits per heavy atom. The number of phenols is 1. The Morgan fingerprint density at radius 2 is 2.04 bits per heavy atom. The average molecular weight is 350 g/mol. The van der Waals surface area contributed by atoms with Gasteiger partial charge in [-0.05, 0) is 30.3 Å². The highest BCUT2D eigenvalue weighted by atomic mass is 35.5.